The van der Waals surface area contributed by atoms with Gasteiger partial charge in [-0.3, -0.25) is 0 Å². The molecule has 1 aromatic heterocycles. The first-order valence-electron chi connectivity index (χ1n) is 9.35. The Kier molecular flexibility index (Phi) is 6.74. The molecule has 3 heteroatoms. The van der Waals surface area contributed by atoms with E-state index >= 15 is 0 Å². The van der Waals surface area contributed by atoms with Crippen molar-refractivity contribution in [3.63, 3.8) is 0 Å². The highest BCUT2D eigenvalue weighted by Gasteiger charge is 2.12. The smallest absolute Gasteiger partial charge is 0.207 e. The third-order valence-corrected chi connectivity index (χ3v) is 4.72. The van der Waals surface area contributed by atoms with Gasteiger partial charge in [-0.05, 0) is 31.0 Å². The lowest BCUT2D eigenvalue weighted by Gasteiger charge is -2.08. The molecule has 0 unspecified atom stereocenters. The van der Waals surface area contributed by atoms with E-state index in [0.717, 1.165) is 11.4 Å². The van der Waals surface area contributed by atoms with Crippen LogP contribution in [0.2, 0.25) is 0 Å². The highest BCUT2D eigenvalue weighted by molar-refractivity contribution is 5.21. The SMILES string of the molecule is Cc1ccc(COCc2cccc(COCc3ccc(C)cc3)[n+]2C)cc1. The zero-order chi connectivity index (χ0) is 19.1. The summed E-state index contributed by atoms with van der Waals surface area (Å²) in [6.45, 7) is 6.59. The fraction of sp³-hybridized carbons (Fsp3) is 0.292. The number of hydrogen-bond acceptors (Lipinski definition) is 2. The van der Waals surface area contributed by atoms with E-state index in [1.54, 1.807) is 0 Å². The van der Waals surface area contributed by atoms with Gasteiger partial charge in [0.2, 0.25) is 11.4 Å². The third-order valence-electron chi connectivity index (χ3n) is 4.72. The van der Waals surface area contributed by atoms with Crippen LogP contribution in [0.1, 0.15) is 33.6 Å². The Morgan fingerprint density at radius 3 is 1.41 bits per heavy atom. The average molecular weight is 362 g/mol. The van der Waals surface area contributed by atoms with Gasteiger partial charge >= 0.3 is 0 Å². The summed E-state index contributed by atoms with van der Waals surface area (Å²) in [5, 5.41) is 0. The first-order chi connectivity index (χ1) is 13.1. The van der Waals surface area contributed by atoms with Gasteiger partial charge < -0.3 is 9.47 Å². The Bertz CT molecular complexity index is 785. The maximum atomic E-state index is 5.90. The van der Waals surface area contributed by atoms with Gasteiger partial charge in [-0.15, -0.1) is 0 Å². The summed E-state index contributed by atoms with van der Waals surface area (Å²) >= 11 is 0. The van der Waals surface area contributed by atoms with Crippen molar-refractivity contribution in [2.75, 3.05) is 0 Å². The van der Waals surface area contributed by atoms with Gasteiger partial charge in [0.15, 0.2) is 0 Å². The van der Waals surface area contributed by atoms with Crippen LogP contribution in [-0.2, 0) is 42.9 Å². The van der Waals surface area contributed by atoms with Crippen LogP contribution in [0, 0.1) is 13.8 Å². The molecule has 0 amide bonds. The van der Waals surface area contributed by atoms with Crippen molar-refractivity contribution in [1.82, 2.24) is 0 Å². The Morgan fingerprint density at radius 1 is 0.593 bits per heavy atom. The summed E-state index contributed by atoms with van der Waals surface area (Å²) < 4.78 is 14.0. The normalized spacial score (nSPS) is 10.9. The number of ether oxygens (including phenoxy) is 2. The quantitative estimate of drug-likeness (QED) is 0.548. The molecule has 0 N–H and O–H groups in total. The van der Waals surface area contributed by atoms with Crippen molar-refractivity contribution >= 4 is 0 Å². The van der Waals surface area contributed by atoms with Crippen molar-refractivity contribution in [2.45, 2.75) is 40.3 Å². The van der Waals surface area contributed by atoms with Crippen LogP contribution in [0.25, 0.3) is 0 Å². The highest BCUT2D eigenvalue weighted by atomic mass is 16.5. The molecule has 3 nitrogen and oxygen atoms in total. The maximum Gasteiger partial charge on any atom is 0.207 e. The van der Waals surface area contributed by atoms with Gasteiger partial charge in [0.05, 0.1) is 13.2 Å². The molecule has 0 spiro atoms. The summed E-state index contributed by atoms with van der Waals surface area (Å²) in [5.74, 6) is 0. The molecule has 0 atom stereocenters. The molecule has 3 aromatic rings. The summed E-state index contributed by atoms with van der Waals surface area (Å²) in [5.41, 5.74) is 7.20. The van der Waals surface area contributed by atoms with E-state index in [0.29, 0.717) is 26.4 Å². The van der Waals surface area contributed by atoms with Gasteiger partial charge in [-0.25, -0.2) is 0 Å². The topological polar surface area (TPSA) is 22.3 Å². The summed E-state index contributed by atoms with van der Waals surface area (Å²) in [7, 11) is 2.06. The molecular weight excluding hydrogens is 334 g/mol. The maximum absolute atomic E-state index is 5.90. The molecule has 0 aliphatic carbocycles. The molecule has 0 fully saturated rings. The van der Waals surface area contributed by atoms with Crippen molar-refractivity contribution in [3.05, 3.63) is 100 Å². The van der Waals surface area contributed by atoms with E-state index in [1.807, 2.05) is 0 Å². The van der Waals surface area contributed by atoms with Crippen molar-refractivity contribution in [3.8, 4) is 0 Å². The molecule has 140 valence electrons. The lowest BCUT2D eigenvalue weighted by Crippen LogP contribution is -2.38. The molecule has 3 rings (SSSR count). The number of aromatic nitrogens is 1. The minimum absolute atomic E-state index is 0.580. The van der Waals surface area contributed by atoms with Gasteiger partial charge in [0.25, 0.3) is 0 Å². The number of hydrogen-bond donors (Lipinski definition) is 0. The number of benzene rings is 2. The van der Waals surface area contributed by atoms with Crippen LogP contribution in [0.4, 0.5) is 0 Å². The van der Waals surface area contributed by atoms with Crippen LogP contribution < -0.4 is 4.57 Å². The van der Waals surface area contributed by atoms with E-state index in [9.17, 15) is 0 Å². The largest absolute Gasteiger partial charge is 0.366 e. The van der Waals surface area contributed by atoms with E-state index in [1.165, 1.54) is 22.3 Å². The number of rotatable bonds is 8. The minimum atomic E-state index is 0.580. The van der Waals surface area contributed by atoms with Gasteiger partial charge in [-0.1, -0.05) is 59.7 Å². The van der Waals surface area contributed by atoms with Crippen molar-refractivity contribution < 1.29 is 14.0 Å². The first-order valence-corrected chi connectivity index (χ1v) is 9.35. The van der Waals surface area contributed by atoms with E-state index in [4.69, 9.17) is 9.47 Å². The molecule has 0 radical (unpaired) electrons. The third kappa shape index (κ3) is 5.75. The average Bonchev–Trinajstić information content (AvgIpc) is 2.67. The predicted octanol–water partition coefficient (Wildman–Crippen LogP) is 4.56. The Labute approximate surface area is 162 Å². The van der Waals surface area contributed by atoms with Crippen LogP contribution in [0.5, 0.6) is 0 Å². The van der Waals surface area contributed by atoms with Crippen molar-refractivity contribution in [1.29, 1.82) is 0 Å². The van der Waals surface area contributed by atoms with Crippen LogP contribution in [0.3, 0.4) is 0 Å². The Morgan fingerprint density at radius 2 is 1.00 bits per heavy atom. The Hall–Kier alpha value is -2.49. The minimum Gasteiger partial charge on any atom is -0.366 e. The standard InChI is InChI=1S/C24H28NO2/c1-19-7-11-21(12-8-19)15-26-17-23-5-4-6-24(25(23)3)18-27-16-22-13-9-20(2)10-14-22/h4-14H,15-18H2,1-3H3/q+1. The van der Waals surface area contributed by atoms with Gasteiger partial charge in [-0.2, -0.15) is 4.57 Å². The lowest BCUT2D eigenvalue weighted by atomic mass is 10.2. The Balaban J connectivity index is 1.51. The van der Waals surface area contributed by atoms with Crippen LogP contribution in [0.15, 0.2) is 66.7 Å². The molecule has 0 aliphatic rings. The van der Waals surface area contributed by atoms with Crippen LogP contribution >= 0.6 is 0 Å². The molecular formula is C24H28NO2+. The summed E-state index contributed by atoms with van der Waals surface area (Å²) in [4.78, 5) is 0. The molecule has 0 saturated carbocycles. The zero-order valence-corrected chi connectivity index (χ0v) is 16.4. The fourth-order valence-corrected chi connectivity index (χ4v) is 2.88. The summed E-state index contributed by atoms with van der Waals surface area (Å²) in [6.07, 6.45) is 0. The number of nitrogens with zero attached hydrogens (tertiary/aromatic N) is 1. The molecule has 27 heavy (non-hydrogen) atoms. The second-order valence-corrected chi connectivity index (χ2v) is 7.02. The van der Waals surface area contributed by atoms with E-state index in [-0.39, 0.29) is 0 Å². The molecule has 0 saturated heterocycles. The first kappa shape index (κ1) is 19.3. The second kappa shape index (κ2) is 9.45. The van der Waals surface area contributed by atoms with Crippen LogP contribution in [-0.4, -0.2) is 0 Å². The summed E-state index contributed by atoms with van der Waals surface area (Å²) in [6, 6.07) is 23.2. The second-order valence-electron chi connectivity index (χ2n) is 7.02. The molecule has 1 heterocycles. The molecule has 0 bridgehead atoms. The zero-order valence-electron chi connectivity index (χ0n) is 16.4. The lowest BCUT2D eigenvalue weighted by molar-refractivity contribution is -0.690. The van der Waals surface area contributed by atoms with Gasteiger partial charge in [0, 0.05) is 12.1 Å². The molecule has 2 aromatic carbocycles. The molecule has 0 aliphatic heterocycles. The monoisotopic (exact) mass is 362 g/mol. The van der Waals surface area contributed by atoms with Crippen molar-refractivity contribution in [2.24, 2.45) is 7.05 Å². The predicted molar refractivity (Wildman–Crippen MR) is 107 cm³/mol. The number of pyridine rings is 1. The van der Waals surface area contributed by atoms with Gasteiger partial charge in [0.1, 0.15) is 20.3 Å². The fourth-order valence-electron chi connectivity index (χ4n) is 2.88. The van der Waals surface area contributed by atoms with E-state index < -0.39 is 0 Å². The number of aryl methyl sites for hydroxylation is 2. The highest BCUT2D eigenvalue weighted by Crippen LogP contribution is 2.08. The van der Waals surface area contributed by atoms with E-state index in [2.05, 4.69) is 92.2 Å².